The third kappa shape index (κ3) is 3.58. The Bertz CT molecular complexity index is 460. The predicted octanol–water partition coefficient (Wildman–Crippen LogP) is 4.10. The lowest BCUT2D eigenvalue weighted by Gasteiger charge is -2.43. The molecule has 2 nitrogen and oxygen atoms in total. The van der Waals surface area contributed by atoms with Crippen LogP contribution < -0.4 is 5.32 Å². The molecule has 0 spiro atoms. The van der Waals surface area contributed by atoms with Gasteiger partial charge >= 0.3 is 0 Å². The molecule has 1 aliphatic rings. The maximum Gasteiger partial charge on any atom is 0.133 e. The van der Waals surface area contributed by atoms with Gasteiger partial charge in [-0.2, -0.15) is 0 Å². The lowest BCUT2D eigenvalue weighted by molar-refractivity contribution is -0.0841. The first-order chi connectivity index (χ1) is 10.0. The summed E-state index contributed by atoms with van der Waals surface area (Å²) in [6, 6.07) is 0.962. The van der Waals surface area contributed by atoms with Crippen LogP contribution in [0, 0.1) is 17.5 Å². The summed E-state index contributed by atoms with van der Waals surface area (Å²) < 4.78 is 46.7. The average molecular weight is 301 g/mol. The van der Waals surface area contributed by atoms with Gasteiger partial charge in [0.15, 0.2) is 0 Å². The van der Waals surface area contributed by atoms with Gasteiger partial charge in [-0.15, -0.1) is 0 Å². The summed E-state index contributed by atoms with van der Waals surface area (Å²) in [7, 11) is 1.63. The molecule has 21 heavy (non-hydrogen) atoms. The fourth-order valence-electron chi connectivity index (χ4n) is 2.92. The van der Waals surface area contributed by atoms with Gasteiger partial charge in [0.2, 0.25) is 0 Å². The Morgan fingerprint density at radius 3 is 2.29 bits per heavy atom. The van der Waals surface area contributed by atoms with Crippen molar-refractivity contribution in [1.82, 2.24) is 5.32 Å². The van der Waals surface area contributed by atoms with Crippen molar-refractivity contribution in [3.63, 3.8) is 0 Å². The van der Waals surface area contributed by atoms with E-state index in [0.717, 1.165) is 37.8 Å². The number of rotatable bonds is 7. The number of nitrogens with one attached hydrogen (secondary N) is 1. The first-order valence-corrected chi connectivity index (χ1v) is 7.44. The van der Waals surface area contributed by atoms with Crippen LogP contribution in [0.25, 0.3) is 0 Å². The van der Waals surface area contributed by atoms with Crippen molar-refractivity contribution < 1.29 is 17.9 Å². The molecule has 1 atom stereocenters. The van der Waals surface area contributed by atoms with Crippen molar-refractivity contribution in [1.29, 1.82) is 0 Å². The molecule has 1 aliphatic carbocycles. The van der Waals surface area contributed by atoms with Crippen LogP contribution >= 0.6 is 0 Å². The van der Waals surface area contributed by atoms with Gasteiger partial charge in [-0.25, -0.2) is 13.2 Å². The van der Waals surface area contributed by atoms with Crippen LogP contribution in [-0.4, -0.2) is 19.3 Å². The SMILES string of the molecule is CCCNC(CC1(OC)CCC1)c1c(F)cc(F)cc1F. The summed E-state index contributed by atoms with van der Waals surface area (Å²) >= 11 is 0. The molecule has 0 bridgehead atoms. The van der Waals surface area contributed by atoms with E-state index in [1.807, 2.05) is 6.92 Å². The second-order valence-corrected chi connectivity index (χ2v) is 5.73. The summed E-state index contributed by atoms with van der Waals surface area (Å²) in [4.78, 5) is 0. The van der Waals surface area contributed by atoms with E-state index < -0.39 is 23.5 Å². The molecule has 1 aromatic rings. The van der Waals surface area contributed by atoms with Gasteiger partial charge in [0.25, 0.3) is 0 Å². The molecule has 1 saturated carbocycles. The Morgan fingerprint density at radius 1 is 1.24 bits per heavy atom. The molecule has 5 heteroatoms. The van der Waals surface area contributed by atoms with Gasteiger partial charge in [-0.3, -0.25) is 0 Å². The van der Waals surface area contributed by atoms with E-state index in [9.17, 15) is 13.2 Å². The van der Waals surface area contributed by atoms with Crippen molar-refractivity contribution in [2.75, 3.05) is 13.7 Å². The highest BCUT2D eigenvalue weighted by Gasteiger charge is 2.40. The maximum atomic E-state index is 14.0. The van der Waals surface area contributed by atoms with Crippen LogP contribution in [0.3, 0.4) is 0 Å². The molecule has 0 amide bonds. The number of ether oxygens (including phenoxy) is 1. The van der Waals surface area contributed by atoms with Crippen molar-refractivity contribution in [2.24, 2.45) is 0 Å². The van der Waals surface area contributed by atoms with Gasteiger partial charge in [-0.1, -0.05) is 6.92 Å². The molecule has 118 valence electrons. The average Bonchev–Trinajstić information content (AvgIpc) is 2.38. The number of hydrogen-bond donors (Lipinski definition) is 1. The van der Waals surface area contributed by atoms with Crippen molar-refractivity contribution >= 4 is 0 Å². The summed E-state index contributed by atoms with van der Waals surface area (Å²) in [6.07, 6.45) is 4.17. The Kier molecular flexibility index (Phi) is 5.27. The zero-order valence-corrected chi connectivity index (χ0v) is 12.5. The van der Waals surface area contributed by atoms with E-state index in [1.165, 1.54) is 0 Å². The summed E-state index contributed by atoms with van der Waals surface area (Å²) in [6.45, 7) is 2.62. The molecule has 0 aromatic heterocycles. The number of hydrogen-bond acceptors (Lipinski definition) is 2. The minimum absolute atomic E-state index is 0.0897. The predicted molar refractivity (Wildman–Crippen MR) is 75.6 cm³/mol. The largest absolute Gasteiger partial charge is 0.378 e. The molecule has 1 fully saturated rings. The van der Waals surface area contributed by atoms with Crippen LogP contribution in [0.2, 0.25) is 0 Å². The van der Waals surface area contributed by atoms with Crippen LogP contribution in [0.15, 0.2) is 12.1 Å². The minimum Gasteiger partial charge on any atom is -0.378 e. The van der Waals surface area contributed by atoms with Gasteiger partial charge in [-0.05, 0) is 38.6 Å². The van der Waals surface area contributed by atoms with E-state index in [-0.39, 0.29) is 11.2 Å². The van der Waals surface area contributed by atoms with Gasteiger partial charge in [0.1, 0.15) is 17.5 Å². The molecular weight excluding hydrogens is 279 g/mol. The van der Waals surface area contributed by atoms with Gasteiger partial charge < -0.3 is 10.1 Å². The third-order valence-corrected chi connectivity index (χ3v) is 4.31. The second kappa shape index (κ2) is 6.79. The zero-order valence-electron chi connectivity index (χ0n) is 12.5. The normalized spacial score (nSPS) is 18.3. The molecule has 2 rings (SSSR count). The molecule has 1 unspecified atom stereocenters. The Balaban J connectivity index is 2.27. The van der Waals surface area contributed by atoms with Crippen LogP contribution in [0.1, 0.15) is 50.6 Å². The van der Waals surface area contributed by atoms with Crippen LogP contribution in [0.4, 0.5) is 13.2 Å². The standard InChI is InChI=1S/C16H22F3NO/c1-3-7-20-14(10-16(21-2)5-4-6-16)15-12(18)8-11(17)9-13(15)19/h8-9,14,20H,3-7,10H2,1-2H3. The second-order valence-electron chi connectivity index (χ2n) is 5.73. The van der Waals surface area contributed by atoms with E-state index >= 15 is 0 Å². The topological polar surface area (TPSA) is 21.3 Å². The minimum atomic E-state index is -0.895. The summed E-state index contributed by atoms with van der Waals surface area (Å²) in [5.41, 5.74) is -0.410. The van der Waals surface area contributed by atoms with Crippen molar-refractivity contribution in [3.05, 3.63) is 35.1 Å². The van der Waals surface area contributed by atoms with E-state index in [4.69, 9.17) is 4.74 Å². The number of methoxy groups -OCH3 is 1. The van der Waals surface area contributed by atoms with Crippen molar-refractivity contribution in [3.8, 4) is 0 Å². The maximum absolute atomic E-state index is 14.0. The van der Waals surface area contributed by atoms with Crippen LogP contribution in [0.5, 0.6) is 0 Å². The Labute approximate surface area is 123 Å². The molecule has 0 saturated heterocycles. The van der Waals surface area contributed by atoms with Gasteiger partial charge in [0.05, 0.1) is 5.60 Å². The Morgan fingerprint density at radius 2 is 1.86 bits per heavy atom. The fourth-order valence-corrected chi connectivity index (χ4v) is 2.92. The van der Waals surface area contributed by atoms with E-state index in [2.05, 4.69) is 5.32 Å². The molecule has 1 aromatic carbocycles. The quantitative estimate of drug-likeness (QED) is 0.818. The molecule has 0 aliphatic heterocycles. The van der Waals surface area contributed by atoms with E-state index in [0.29, 0.717) is 13.0 Å². The Hall–Kier alpha value is -1.07. The smallest absolute Gasteiger partial charge is 0.133 e. The monoisotopic (exact) mass is 301 g/mol. The third-order valence-electron chi connectivity index (χ3n) is 4.31. The number of halogens is 3. The first kappa shape index (κ1) is 16.3. The lowest BCUT2D eigenvalue weighted by Crippen LogP contribution is -2.43. The lowest BCUT2D eigenvalue weighted by atomic mass is 9.74. The highest BCUT2D eigenvalue weighted by molar-refractivity contribution is 5.25. The zero-order chi connectivity index (χ0) is 15.5. The summed E-state index contributed by atoms with van der Waals surface area (Å²) in [5, 5.41) is 3.16. The van der Waals surface area contributed by atoms with Crippen molar-refractivity contribution in [2.45, 2.75) is 50.7 Å². The highest BCUT2D eigenvalue weighted by Crippen LogP contribution is 2.42. The molecular formula is C16H22F3NO. The molecule has 0 radical (unpaired) electrons. The van der Waals surface area contributed by atoms with E-state index in [1.54, 1.807) is 7.11 Å². The summed E-state index contributed by atoms with van der Waals surface area (Å²) in [5.74, 6) is -2.58. The molecule has 1 N–H and O–H groups in total. The fraction of sp³-hybridized carbons (Fsp3) is 0.625. The number of benzene rings is 1. The highest BCUT2D eigenvalue weighted by atomic mass is 19.1. The molecule has 0 heterocycles. The van der Waals surface area contributed by atoms with Gasteiger partial charge in [0, 0.05) is 30.8 Å². The first-order valence-electron chi connectivity index (χ1n) is 7.44. The van der Waals surface area contributed by atoms with Crippen LogP contribution in [-0.2, 0) is 4.74 Å².